The van der Waals surface area contributed by atoms with E-state index in [0.717, 1.165) is 9.75 Å². The maximum atomic E-state index is 12.9. The van der Waals surface area contributed by atoms with E-state index in [4.69, 9.17) is 4.42 Å². The Hall–Kier alpha value is -3.08. The highest BCUT2D eigenvalue weighted by atomic mass is 32.1. The van der Waals surface area contributed by atoms with Gasteiger partial charge in [-0.15, -0.1) is 11.3 Å². The number of carbonyl (C=O) groups is 2. The summed E-state index contributed by atoms with van der Waals surface area (Å²) in [5.74, 6) is -1.67. The van der Waals surface area contributed by atoms with Gasteiger partial charge in [0, 0.05) is 40.3 Å². The van der Waals surface area contributed by atoms with E-state index in [-0.39, 0.29) is 24.5 Å². The first-order valence-corrected chi connectivity index (χ1v) is 12.3. The van der Waals surface area contributed by atoms with Gasteiger partial charge in [0.1, 0.15) is 17.1 Å². The second-order valence-electron chi connectivity index (χ2n) is 8.52. The van der Waals surface area contributed by atoms with Crippen molar-refractivity contribution in [1.29, 1.82) is 0 Å². The van der Waals surface area contributed by atoms with Crippen molar-refractivity contribution >= 4 is 23.2 Å². The number of allylic oxidation sites excluding steroid dienone is 1. The van der Waals surface area contributed by atoms with E-state index in [1.807, 2.05) is 0 Å². The van der Waals surface area contributed by atoms with Crippen LogP contribution < -0.4 is 10.9 Å². The Morgan fingerprint density at radius 2 is 1.94 bits per heavy atom. The van der Waals surface area contributed by atoms with Crippen LogP contribution in [0.15, 0.2) is 39.7 Å². The van der Waals surface area contributed by atoms with Crippen molar-refractivity contribution in [2.45, 2.75) is 64.5 Å². The van der Waals surface area contributed by atoms with Crippen LogP contribution in [0.1, 0.15) is 71.3 Å². The van der Waals surface area contributed by atoms with Crippen LogP contribution in [0.5, 0.6) is 5.75 Å². The fourth-order valence-corrected chi connectivity index (χ4v) is 4.69. The zero-order valence-electron chi connectivity index (χ0n) is 20.3. The number of hydrogen-bond acceptors (Lipinski definition) is 7. The van der Waals surface area contributed by atoms with Gasteiger partial charge in [-0.3, -0.25) is 10.1 Å². The van der Waals surface area contributed by atoms with Crippen molar-refractivity contribution in [3.63, 3.8) is 0 Å². The highest BCUT2D eigenvalue weighted by Gasteiger charge is 2.27. The molecule has 0 aromatic carbocycles. The molecule has 2 N–H and O–H groups in total. The van der Waals surface area contributed by atoms with E-state index in [1.165, 1.54) is 30.7 Å². The van der Waals surface area contributed by atoms with Gasteiger partial charge in [-0.05, 0) is 44.2 Å². The van der Waals surface area contributed by atoms with Gasteiger partial charge in [0.2, 0.25) is 0 Å². The molecule has 0 saturated carbocycles. The average Bonchev–Trinajstić information content (AvgIpc) is 3.23. The Balaban J connectivity index is 1.98. The minimum absolute atomic E-state index is 0.00169. The summed E-state index contributed by atoms with van der Waals surface area (Å²) in [6.07, 6.45) is -0.796. The quantitative estimate of drug-likeness (QED) is 0.322. The normalized spacial score (nSPS) is 13.5. The monoisotopic (exact) mass is 529 g/mol. The predicted octanol–water partition coefficient (Wildman–Crippen LogP) is 6.11. The lowest BCUT2D eigenvalue weighted by molar-refractivity contribution is -0.135. The Labute approximate surface area is 211 Å². The summed E-state index contributed by atoms with van der Waals surface area (Å²) >= 11 is 1.33. The minimum Gasteiger partial charge on any atom is -0.507 e. The maximum Gasteiger partial charge on any atom is 0.410 e. The predicted molar refractivity (Wildman–Crippen MR) is 129 cm³/mol. The molecule has 0 aliphatic rings. The van der Waals surface area contributed by atoms with Crippen LogP contribution in [-0.2, 0) is 17.6 Å². The lowest BCUT2D eigenvalue weighted by atomic mass is 9.95. The number of aryl methyl sites for hydroxylation is 1. The molecular formula is C25H30F3NO6S. The zero-order valence-corrected chi connectivity index (χ0v) is 21.1. The number of hydrogen-bond donors (Lipinski definition) is 2. The van der Waals surface area contributed by atoms with Crippen LogP contribution in [0, 0.1) is 5.92 Å². The molecule has 1 amide bonds. The number of thiophene rings is 1. The first-order chi connectivity index (χ1) is 16.9. The van der Waals surface area contributed by atoms with Gasteiger partial charge in [-0.25, -0.2) is 9.59 Å². The van der Waals surface area contributed by atoms with Crippen LogP contribution in [0.25, 0.3) is 0 Å². The molecule has 2 unspecified atom stereocenters. The summed E-state index contributed by atoms with van der Waals surface area (Å²) in [7, 11) is 1.25. The number of ketones is 1. The number of aromatic hydroxyl groups is 1. The van der Waals surface area contributed by atoms with Crippen LogP contribution in [-0.4, -0.2) is 30.3 Å². The molecule has 0 aliphatic carbocycles. The van der Waals surface area contributed by atoms with Crippen LogP contribution in [0.2, 0.25) is 0 Å². The molecule has 0 spiro atoms. The van der Waals surface area contributed by atoms with Crippen LogP contribution in [0.4, 0.5) is 18.0 Å². The third kappa shape index (κ3) is 9.18. The van der Waals surface area contributed by atoms with Crippen molar-refractivity contribution in [3.8, 4) is 5.75 Å². The Bertz CT molecular complexity index is 1120. The van der Waals surface area contributed by atoms with Crippen LogP contribution >= 0.6 is 11.3 Å². The van der Waals surface area contributed by atoms with Gasteiger partial charge in [0.25, 0.3) is 0 Å². The summed E-state index contributed by atoms with van der Waals surface area (Å²) in [5, 5.41) is 12.8. The lowest BCUT2D eigenvalue weighted by Crippen LogP contribution is -2.22. The fraction of sp³-hybridized carbons (Fsp3) is 0.480. The molecule has 2 atom stereocenters. The highest BCUT2D eigenvalue weighted by molar-refractivity contribution is 7.12. The van der Waals surface area contributed by atoms with Gasteiger partial charge >= 0.3 is 17.9 Å². The van der Waals surface area contributed by atoms with E-state index in [9.17, 15) is 32.7 Å². The third-order valence-corrected chi connectivity index (χ3v) is 6.68. The van der Waals surface area contributed by atoms with Gasteiger partial charge in [-0.1, -0.05) is 19.9 Å². The number of Topliss-reactive ketones (excluding diaryl/α,β-unsaturated/α-hetero) is 1. The average molecular weight is 530 g/mol. The number of alkyl halides is 3. The van der Waals surface area contributed by atoms with E-state index in [1.54, 1.807) is 32.1 Å². The number of rotatable bonds is 12. The minimum atomic E-state index is -4.18. The highest BCUT2D eigenvalue weighted by Crippen LogP contribution is 2.29. The van der Waals surface area contributed by atoms with E-state index in [0.29, 0.717) is 19.3 Å². The molecule has 2 aromatic rings. The number of alkyl carbamates (subject to hydrolysis) is 1. The maximum absolute atomic E-state index is 12.9. The number of carbonyl (C=O) groups excluding carboxylic acids is 2. The second-order valence-corrected chi connectivity index (χ2v) is 9.77. The molecule has 2 aromatic heterocycles. The summed E-state index contributed by atoms with van der Waals surface area (Å²) in [5.41, 5.74) is -1.34. The first kappa shape index (κ1) is 29.2. The molecule has 0 aliphatic heterocycles. The standard InChI is InChI=1S/C25H30F3NO6S/c1-15(7-4-5-12-29-24(33)34-3)20-14-19(30)21(23(32)35-20)22(31)16(2)13-18-10-9-17(36-18)8-6-11-25(26,27)28/h5,9-10,12,14-16,30H,4,6-8,11,13H2,1-3H3,(H,29,33)/b12-5+. The van der Waals surface area contributed by atoms with Crippen molar-refractivity contribution in [2.75, 3.05) is 7.11 Å². The zero-order chi connectivity index (χ0) is 26.9. The molecule has 2 heterocycles. The van der Waals surface area contributed by atoms with Crippen molar-refractivity contribution in [2.24, 2.45) is 5.92 Å². The molecule has 36 heavy (non-hydrogen) atoms. The lowest BCUT2D eigenvalue weighted by Gasteiger charge is -2.13. The van der Waals surface area contributed by atoms with E-state index in [2.05, 4.69) is 10.1 Å². The Morgan fingerprint density at radius 3 is 2.58 bits per heavy atom. The number of methoxy groups -OCH3 is 1. The third-order valence-electron chi connectivity index (χ3n) is 5.51. The second kappa shape index (κ2) is 13.3. The van der Waals surface area contributed by atoms with Gasteiger partial charge in [0.05, 0.1) is 7.11 Å². The van der Waals surface area contributed by atoms with Crippen LogP contribution in [0.3, 0.4) is 0 Å². The van der Waals surface area contributed by atoms with Crippen molar-refractivity contribution in [1.82, 2.24) is 5.32 Å². The SMILES string of the molecule is COC(=O)N/C=C/CCC(C)c1cc(O)c(C(=O)C(C)Cc2ccc(CCCC(F)(F)F)s2)c(=O)o1. The van der Waals surface area contributed by atoms with Gasteiger partial charge < -0.3 is 14.3 Å². The summed E-state index contributed by atoms with van der Waals surface area (Å²) in [4.78, 5) is 38.0. The molecule has 7 nitrogen and oxygen atoms in total. The molecular weight excluding hydrogens is 499 g/mol. The Morgan fingerprint density at radius 1 is 1.25 bits per heavy atom. The van der Waals surface area contributed by atoms with Crippen molar-refractivity contribution < 1.29 is 37.0 Å². The van der Waals surface area contributed by atoms with Gasteiger partial charge in [-0.2, -0.15) is 13.2 Å². The Kier molecular flexibility index (Phi) is 10.8. The largest absolute Gasteiger partial charge is 0.507 e. The summed E-state index contributed by atoms with van der Waals surface area (Å²) in [6, 6.07) is 4.78. The number of nitrogens with one attached hydrogen (secondary N) is 1. The van der Waals surface area contributed by atoms with E-state index >= 15 is 0 Å². The molecule has 0 saturated heterocycles. The molecule has 0 fully saturated rings. The summed E-state index contributed by atoms with van der Waals surface area (Å²) < 4.78 is 46.8. The topological polar surface area (TPSA) is 106 Å². The van der Waals surface area contributed by atoms with Crippen molar-refractivity contribution in [3.05, 3.63) is 62.0 Å². The van der Waals surface area contributed by atoms with Gasteiger partial charge in [0.15, 0.2) is 5.78 Å². The molecule has 11 heteroatoms. The number of halogens is 3. The van der Waals surface area contributed by atoms with E-state index < -0.39 is 47.3 Å². The number of ether oxygens (including phenoxy) is 1. The summed E-state index contributed by atoms with van der Waals surface area (Å²) in [6.45, 7) is 3.42. The molecule has 0 bridgehead atoms. The molecule has 0 radical (unpaired) electrons. The fourth-order valence-electron chi connectivity index (χ4n) is 3.50. The number of amides is 1. The first-order valence-electron chi connectivity index (χ1n) is 11.5. The molecule has 2 rings (SSSR count). The molecule has 198 valence electrons. The smallest absolute Gasteiger partial charge is 0.410 e.